The molecule has 1 aromatic carbocycles. The van der Waals surface area contributed by atoms with E-state index < -0.39 is 0 Å². The van der Waals surface area contributed by atoms with Gasteiger partial charge in [-0.25, -0.2) is 0 Å². The maximum atomic E-state index is 11.8. The van der Waals surface area contributed by atoms with Gasteiger partial charge in [-0.1, -0.05) is 0 Å². The lowest BCUT2D eigenvalue weighted by Gasteiger charge is -2.24. The first-order valence-electron chi connectivity index (χ1n) is 6.29. The van der Waals surface area contributed by atoms with Crippen LogP contribution in [0.15, 0.2) is 16.6 Å². The average Bonchev–Trinajstić information content (AvgIpc) is 2.70. The van der Waals surface area contributed by atoms with Gasteiger partial charge in [0.2, 0.25) is 5.91 Å². The van der Waals surface area contributed by atoms with Gasteiger partial charge in [0.1, 0.15) is 6.04 Å². The maximum absolute atomic E-state index is 11.8. The summed E-state index contributed by atoms with van der Waals surface area (Å²) in [5.41, 5.74) is 2.76. The molecule has 1 heterocycles. The molecular formula is C13H18BrN3O2. The molecule has 104 valence electrons. The third-order valence-corrected chi connectivity index (χ3v) is 3.97. The van der Waals surface area contributed by atoms with Gasteiger partial charge < -0.3 is 20.6 Å². The van der Waals surface area contributed by atoms with E-state index in [2.05, 4.69) is 31.5 Å². The van der Waals surface area contributed by atoms with E-state index in [1.807, 2.05) is 19.1 Å². The van der Waals surface area contributed by atoms with Gasteiger partial charge in [-0.05, 0) is 42.0 Å². The zero-order chi connectivity index (χ0) is 14.0. The molecule has 0 fully saturated rings. The van der Waals surface area contributed by atoms with Crippen LogP contribution in [0.25, 0.3) is 0 Å². The Morgan fingerprint density at radius 3 is 2.84 bits per heavy atom. The summed E-state index contributed by atoms with van der Waals surface area (Å²) < 4.78 is 0.929. The predicted molar refractivity (Wildman–Crippen MR) is 79.5 cm³/mol. The summed E-state index contributed by atoms with van der Waals surface area (Å²) in [5, 5.41) is 15.0. The smallest absolute Gasteiger partial charge is 0.246 e. The number of nitrogens with zero attached hydrogens (tertiary/aromatic N) is 1. The van der Waals surface area contributed by atoms with Crippen LogP contribution in [0.2, 0.25) is 0 Å². The van der Waals surface area contributed by atoms with Gasteiger partial charge in [-0.15, -0.1) is 0 Å². The van der Waals surface area contributed by atoms with Crippen LogP contribution in [0, 0.1) is 0 Å². The molecule has 2 rings (SSSR count). The molecule has 0 radical (unpaired) electrons. The van der Waals surface area contributed by atoms with E-state index in [0.717, 1.165) is 28.0 Å². The first kappa shape index (κ1) is 14.3. The summed E-state index contributed by atoms with van der Waals surface area (Å²) in [6, 6.07) is 3.62. The van der Waals surface area contributed by atoms with Crippen molar-refractivity contribution in [2.75, 3.05) is 37.0 Å². The average molecular weight is 328 g/mol. The predicted octanol–water partition coefficient (Wildman–Crippen LogP) is 1.48. The number of aliphatic hydroxyl groups is 1. The number of hydrogen-bond donors (Lipinski definition) is 3. The lowest BCUT2D eigenvalue weighted by molar-refractivity contribution is -0.117. The van der Waals surface area contributed by atoms with E-state index in [1.165, 1.54) is 0 Å². The number of anilines is 2. The monoisotopic (exact) mass is 327 g/mol. The van der Waals surface area contributed by atoms with Crippen molar-refractivity contribution in [1.82, 2.24) is 5.32 Å². The van der Waals surface area contributed by atoms with Crippen LogP contribution in [0.4, 0.5) is 11.4 Å². The second-order valence-electron chi connectivity index (χ2n) is 4.41. The molecule has 0 aliphatic carbocycles. The van der Waals surface area contributed by atoms with Crippen molar-refractivity contribution >= 4 is 33.2 Å². The molecule has 0 aromatic heterocycles. The molecule has 1 amide bonds. The van der Waals surface area contributed by atoms with E-state index in [9.17, 15) is 4.79 Å². The van der Waals surface area contributed by atoms with Crippen molar-refractivity contribution in [3.63, 3.8) is 0 Å². The van der Waals surface area contributed by atoms with E-state index in [-0.39, 0.29) is 18.6 Å². The summed E-state index contributed by atoms with van der Waals surface area (Å²) in [5.74, 6) is -0.0354. The molecular weight excluding hydrogens is 310 g/mol. The molecule has 3 N–H and O–H groups in total. The van der Waals surface area contributed by atoms with Gasteiger partial charge in [0.25, 0.3) is 0 Å². The van der Waals surface area contributed by atoms with E-state index in [1.54, 1.807) is 7.05 Å². The van der Waals surface area contributed by atoms with Gasteiger partial charge >= 0.3 is 0 Å². The number of carbonyl (C=O) groups is 1. The van der Waals surface area contributed by atoms with Crippen molar-refractivity contribution in [1.29, 1.82) is 0 Å². The van der Waals surface area contributed by atoms with Crippen LogP contribution in [-0.4, -0.2) is 37.8 Å². The largest absolute Gasteiger partial charge is 0.395 e. The highest BCUT2D eigenvalue weighted by Gasteiger charge is 2.30. The SMILES string of the molecule is CCN(CCO)c1cc2c(cc1Br)C(NC)C(=O)N2. The zero-order valence-electron chi connectivity index (χ0n) is 11.0. The zero-order valence-corrected chi connectivity index (χ0v) is 12.6. The quantitative estimate of drug-likeness (QED) is 0.766. The number of rotatable bonds is 5. The second-order valence-corrected chi connectivity index (χ2v) is 5.26. The molecule has 0 saturated heterocycles. The topological polar surface area (TPSA) is 64.6 Å². The highest BCUT2D eigenvalue weighted by molar-refractivity contribution is 9.10. The van der Waals surface area contributed by atoms with Crippen LogP contribution in [0.1, 0.15) is 18.5 Å². The third kappa shape index (κ3) is 2.61. The molecule has 0 spiro atoms. The standard InChI is InChI=1S/C13H18BrN3O2/c1-3-17(4-5-18)11-7-10-8(6-9(11)14)12(15-2)13(19)16-10/h6-7,12,15,18H,3-5H2,1-2H3,(H,16,19). The Balaban J connectivity index is 2.40. The second kappa shape index (κ2) is 5.90. The molecule has 19 heavy (non-hydrogen) atoms. The van der Waals surface area contributed by atoms with Crippen LogP contribution in [0.3, 0.4) is 0 Å². The lowest BCUT2D eigenvalue weighted by atomic mass is 10.1. The number of aliphatic hydroxyl groups excluding tert-OH is 1. The fourth-order valence-electron chi connectivity index (χ4n) is 2.37. The Bertz CT molecular complexity index is 493. The number of amides is 1. The van der Waals surface area contributed by atoms with Crippen molar-refractivity contribution in [3.05, 3.63) is 22.2 Å². The minimum absolute atomic E-state index is 0.0354. The number of benzene rings is 1. The van der Waals surface area contributed by atoms with E-state index >= 15 is 0 Å². The molecule has 1 unspecified atom stereocenters. The molecule has 0 bridgehead atoms. The Morgan fingerprint density at radius 1 is 1.53 bits per heavy atom. The highest BCUT2D eigenvalue weighted by Crippen LogP contribution is 2.38. The van der Waals surface area contributed by atoms with Crippen molar-refractivity contribution in [2.45, 2.75) is 13.0 Å². The van der Waals surface area contributed by atoms with Gasteiger partial charge in [-0.2, -0.15) is 0 Å². The van der Waals surface area contributed by atoms with Crippen LogP contribution < -0.4 is 15.5 Å². The van der Waals surface area contributed by atoms with Crippen molar-refractivity contribution in [3.8, 4) is 0 Å². The van der Waals surface area contributed by atoms with Crippen LogP contribution in [0.5, 0.6) is 0 Å². The minimum atomic E-state index is -0.298. The van der Waals surface area contributed by atoms with Gasteiger partial charge in [-0.3, -0.25) is 4.79 Å². The van der Waals surface area contributed by atoms with Gasteiger partial charge in [0.05, 0.1) is 12.3 Å². The van der Waals surface area contributed by atoms with Crippen molar-refractivity contribution < 1.29 is 9.90 Å². The number of hydrogen-bond acceptors (Lipinski definition) is 4. The summed E-state index contributed by atoms with van der Waals surface area (Å²) in [6.07, 6.45) is 0. The van der Waals surface area contributed by atoms with Crippen molar-refractivity contribution in [2.24, 2.45) is 0 Å². The number of likely N-dealkylation sites (N-methyl/N-ethyl adjacent to an activating group) is 2. The normalized spacial score (nSPS) is 17.3. The Morgan fingerprint density at radius 2 is 2.26 bits per heavy atom. The van der Waals surface area contributed by atoms with Crippen LogP contribution in [-0.2, 0) is 4.79 Å². The third-order valence-electron chi connectivity index (χ3n) is 3.33. The first-order chi connectivity index (χ1) is 9.12. The summed E-state index contributed by atoms with van der Waals surface area (Å²) in [4.78, 5) is 13.9. The molecule has 1 aliphatic rings. The summed E-state index contributed by atoms with van der Waals surface area (Å²) >= 11 is 3.55. The molecule has 1 aromatic rings. The molecule has 5 nitrogen and oxygen atoms in total. The fraction of sp³-hybridized carbons (Fsp3) is 0.462. The van der Waals surface area contributed by atoms with Gasteiger partial charge in [0.15, 0.2) is 0 Å². The molecule has 1 atom stereocenters. The number of fused-ring (bicyclic) bond motifs is 1. The van der Waals surface area contributed by atoms with Gasteiger partial charge in [0, 0.05) is 28.8 Å². The number of carbonyl (C=O) groups excluding carboxylic acids is 1. The Kier molecular flexibility index (Phi) is 4.44. The van der Waals surface area contributed by atoms with E-state index in [4.69, 9.17) is 5.11 Å². The minimum Gasteiger partial charge on any atom is -0.395 e. The molecule has 6 heteroatoms. The molecule has 0 saturated carbocycles. The maximum Gasteiger partial charge on any atom is 0.246 e. The highest BCUT2D eigenvalue weighted by atomic mass is 79.9. The van der Waals surface area contributed by atoms with Crippen LogP contribution >= 0.6 is 15.9 Å². The molecule has 1 aliphatic heterocycles. The summed E-state index contributed by atoms with van der Waals surface area (Å²) in [7, 11) is 1.77. The fourth-order valence-corrected chi connectivity index (χ4v) is 2.98. The Labute approximate surface area is 121 Å². The Hall–Kier alpha value is -1.11. The summed E-state index contributed by atoms with van der Waals surface area (Å²) in [6.45, 7) is 3.49. The first-order valence-corrected chi connectivity index (χ1v) is 7.09. The number of nitrogens with one attached hydrogen (secondary N) is 2. The number of halogens is 1. The van der Waals surface area contributed by atoms with E-state index in [0.29, 0.717) is 6.54 Å². The lowest BCUT2D eigenvalue weighted by Crippen LogP contribution is -2.26.